The second-order valence-corrected chi connectivity index (χ2v) is 2.14. The monoisotopic (exact) mass is 216 g/mol. The summed E-state index contributed by atoms with van der Waals surface area (Å²) in [7, 11) is 0. The molecular formula is C9H15ClNi. The van der Waals surface area contributed by atoms with Crippen LogP contribution in [0.3, 0.4) is 0 Å². The third-order valence-corrected chi connectivity index (χ3v) is 1.37. The molecule has 0 aromatic rings. The summed E-state index contributed by atoms with van der Waals surface area (Å²) in [6, 6.07) is 0. The maximum atomic E-state index is 4.64. The summed E-state index contributed by atoms with van der Waals surface area (Å²) in [4.78, 5) is 0. The number of hydrogen-bond donors (Lipinski definition) is 0. The molecule has 11 heavy (non-hydrogen) atoms. The number of halogens is 1. The van der Waals surface area contributed by atoms with E-state index in [1.54, 1.807) is 0 Å². The molecule has 0 amide bonds. The fourth-order valence-electron chi connectivity index (χ4n) is 0.874. The molecule has 0 nitrogen and oxygen atoms in total. The second kappa shape index (κ2) is 12.9. The Hall–Kier alpha value is 0.264. The molecule has 0 bridgehead atoms. The molecule has 2 heteroatoms. The Balaban J connectivity index is 0. The molecule has 0 saturated heterocycles. The predicted molar refractivity (Wildman–Crippen MR) is 48.5 cm³/mol. The van der Waals surface area contributed by atoms with Crippen LogP contribution in [0.2, 0.25) is 0 Å². The first-order valence-corrected chi connectivity index (χ1v) is 4.45. The van der Waals surface area contributed by atoms with Crippen LogP contribution >= 0.6 is 11.6 Å². The Kier molecular flexibility index (Phi) is 16.2. The van der Waals surface area contributed by atoms with Crippen molar-refractivity contribution in [2.24, 2.45) is 0 Å². The van der Waals surface area contributed by atoms with E-state index in [2.05, 4.69) is 35.9 Å². The van der Waals surface area contributed by atoms with Gasteiger partial charge in [0.25, 0.3) is 0 Å². The van der Waals surface area contributed by atoms with E-state index < -0.39 is 0 Å². The van der Waals surface area contributed by atoms with Gasteiger partial charge in [0, 0.05) is 22.9 Å². The minimum Gasteiger partial charge on any atom is -0.130 e. The zero-order valence-corrected chi connectivity index (χ0v) is 8.58. The van der Waals surface area contributed by atoms with Crippen LogP contribution in [0, 0.1) is 0 Å². The Morgan fingerprint density at radius 1 is 0.909 bits per heavy atom. The fourth-order valence-corrected chi connectivity index (χ4v) is 0.874. The third-order valence-electron chi connectivity index (χ3n) is 1.37. The minimum atomic E-state index is 0. The van der Waals surface area contributed by atoms with Crippen LogP contribution in [0.15, 0.2) is 24.3 Å². The van der Waals surface area contributed by atoms with Gasteiger partial charge in [-0.15, -0.1) is 11.6 Å². The summed E-state index contributed by atoms with van der Waals surface area (Å²) in [6.45, 7) is 0. The normalized spacial score (nSPS) is 15.1. The molecule has 68 valence electrons. The molecule has 0 spiro atoms. The van der Waals surface area contributed by atoms with Crippen molar-refractivity contribution in [2.75, 3.05) is 6.38 Å². The molecule has 0 aromatic carbocycles. The zero-order valence-electron chi connectivity index (χ0n) is 6.83. The van der Waals surface area contributed by atoms with Gasteiger partial charge in [-0.05, 0) is 25.7 Å². The van der Waals surface area contributed by atoms with Crippen LogP contribution in [0.5, 0.6) is 0 Å². The zero-order chi connectivity index (χ0) is 7.66. The smallest absolute Gasteiger partial charge is 0.0108 e. The van der Waals surface area contributed by atoms with E-state index >= 15 is 0 Å². The van der Waals surface area contributed by atoms with Crippen LogP contribution in [-0.4, -0.2) is 6.38 Å². The topological polar surface area (TPSA) is 0 Å². The number of allylic oxidation sites excluding steroid dienone is 4. The molecule has 0 saturated carbocycles. The van der Waals surface area contributed by atoms with Crippen LogP contribution in [0.25, 0.3) is 0 Å². The Bertz CT molecular complexity index is 94.1. The summed E-state index contributed by atoms with van der Waals surface area (Å²) >= 11 is 4.64. The van der Waals surface area contributed by atoms with Crippen molar-refractivity contribution < 1.29 is 16.5 Å². The largest absolute Gasteiger partial charge is 0.130 e. The average molecular weight is 217 g/mol. The van der Waals surface area contributed by atoms with Gasteiger partial charge in [-0.25, -0.2) is 0 Å². The first-order valence-electron chi connectivity index (χ1n) is 3.69. The molecule has 1 aliphatic carbocycles. The average Bonchev–Trinajstić information content (AvgIpc) is 1.90. The fraction of sp³-hybridized carbons (Fsp3) is 0.556. The molecule has 0 unspecified atom stereocenters. The van der Waals surface area contributed by atoms with E-state index in [-0.39, 0.29) is 16.5 Å². The van der Waals surface area contributed by atoms with E-state index in [4.69, 9.17) is 0 Å². The van der Waals surface area contributed by atoms with Crippen LogP contribution in [0.1, 0.15) is 25.7 Å². The van der Waals surface area contributed by atoms with Crippen molar-refractivity contribution in [3.05, 3.63) is 24.3 Å². The van der Waals surface area contributed by atoms with Crippen molar-refractivity contribution >= 4 is 11.6 Å². The van der Waals surface area contributed by atoms with E-state index in [1.807, 2.05) is 0 Å². The molecule has 1 aliphatic rings. The van der Waals surface area contributed by atoms with Gasteiger partial charge < -0.3 is 0 Å². The van der Waals surface area contributed by atoms with Crippen LogP contribution < -0.4 is 0 Å². The minimum absolute atomic E-state index is 0. The summed E-state index contributed by atoms with van der Waals surface area (Å²) in [6.07, 6.45) is 15.5. The second-order valence-electron chi connectivity index (χ2n) is 2.14. The van der Waals surface area contributed by atoms with Gasteiger partial charge in [-0.1, -0.05) is 24.3 Å². The van der Waals surface area contributed by atoms with Gasteiger partial charge in [-0.2, -0.15) is 0 Å². The van der Waals surface area contributed by atoms with E-state index in [1.165, 1.54) is 32.1 Å². The van der Waals surface area contributed by atoms with Crippen molar-refractivity contribution in [2.45, 2.75) is 25.7 Å². The molecule has 0 atom stereocenters. The van der Waals surface area contributed by atoms with Crippen molar-refractivity contribution in [1.82, 2.24) is 0 Å². The first-order chi connectivity index (χ1) is 5.00. The van der Waals surface area contributed by atoms with Gasteiger partial charge >= 0.3 is 0 Å². The molecular weight excluding hydrogens is 202 g/mol. The number of rotatable bonds is 0. The maximum Gasteiger partial charge on any atom is 0.0108 e. The number of alkyl halides is 1. The molecule has 1 rings (SSSR count). The van der Waals surface area contributed by atoms with Gasteiger partial charge in [0.2, 0.25) is 0 Å². The van der Waals surface area contributed by atoms with Crippen molar-refractivity contribution in [1.29, 1.82) is 0 Å². The van der Waals surface area contributed by atoms with Crippen molar-refractivity contribution in [3.63, 3.8) is 0 Å². The standard InChI is InChI=1S/C8H12.CH3Cl.Ni/c1-2-4-6-8-7-5-3-1;1-2;/h1-4H,5-8H2;1H3;. The Morgan fingerprint density at radius 2 is 1.27 bits per heavy atom. The van der Waals surface area contributed by atoms with Gasteiger partial charge in [0.1, 0.15) is 0 Å². The Morgan fingerprint density at radius 3 is 1.64 bits per heavy atom. The molecule has 0 fully saturated rings. The maximum absolute atomic E-state index is 4.64. The van der Waals surface area contributed by atoms with Crippen molar-refractivity contribution in [3.8, 4) is 0 Å². The van der Waals surface area contributed by atoms with Crippen LogP contribution in [-0.2, 0) is 16.5 Å². The van der Waals surface area contributed by atoms with E-state index in [0.717, 1.165) is 0 Å². The molecule has 0 aromatic heterocycles. The van der Waals surface area contributed by atoms with E-state index in [9.17, 15) is 0 Å². The van der Waals surface area contributed by atoms with Gasteiger partial charge in [0.05, 0.1) is 0 Å². The third kappa shape index (κ3) is 10.3. The quantitative estimate of drug-likeness (QED) is 0.430. The summed E-state index contributed by atoms with van der Waals surface area (Å²) in [5.74, 6) is 0. The SMILES string of the molecule is C1=CCCCCC=C1.CCl.[Ni]. The molecule has 0 N–H and O–H groups in total. The first kappa shape index (κ1) is 13.8. The van der Waals surface area contributed by atoms with Gasteiger partial charge in [-0.3, -0.25) is 0 Å². The summed E-state index contributed by atoms with van der Waals surface area (Å²) < 4.78 is 0. The summed E-state index contributed by atoms with van der Waals surface area (Å²) in [5.41, 5.74) is 0. The van der Waals surface area contributed by atoms with Gasteiger partial charge in [0.15, 0.2) is 0 Å². The van der Waals surface area contributed by atoms with Crippen LogP contribution in [0.4, 0.5) is 0 Å². The Labute approximate surface area is 84.6 Å². The summed E-state index contributed by atoms with van der Waals surface area (Å²) in [5, 5.41) is 0. The van der Waals surface area contributed by atoms with E-state index in [0.29, 0.717) is 0 Å². The molecule has 0 heterocycles. The number of hydrogen-bond acceptors (Lipinski definition) is 0. The molecule has 0 radical (unpaired) electrons. The predicted octanol–water partition coefficient (Wildman–Crippen LogP) is 3.53. The molecule has 0 aliphatic heterocycles.